The summed E-state index contributed by atoms with van der Waals surface area (Å²) in [5.41, 5.74) is 0.550. The Balaban J connectivity index is 1.87. The minimum Gasteiger partial charge on any atom is -0.373 e. The van der Waals surface area contributed by atoms with Crippen molar-refractivity contribution in [2.45, 2.75) is 18.4 Å². The summed E-state index contributed by atoms with van der Waals surface area (Å²) >= 11 is 0. The Kier molecular flexibility index (Phi) is 2.25. The van der Waals surface area contributed by atoms with Gasteiger partial charge in [0.2, 0.25) is 0 Å². The van der Waals surface area contributed by atoms with Gasteiger partial charge in [-0.3, -0.25) is 0 Å². The minimum atomic E-state index is -0.429. The lowest BCUT2D eigenvalue weighted by Gasteiger charge is -2.38. The van der Waals surface area contributed by atoms with Crippen molar-refractivity contribution in [3.05, 3.63) is 28.4 Å². The average Bonchev–Trinajstić information content (AvgIpc) is 2.73. The smallest absolute Gasteiger partial charge is 0.373 e. The van der Waals surface area contributed by atoms with Crippen LogP contribution in [0.5, 0.6) is 0 Å². The first kappa shape index (κ1) is 10.5. The Morgan fingerprint density at radius 1 is 1.53 bits per heavy atom. The van der Waals surface area contributed by atoms with Crippen LogP contribution in [0.2, 0.25) is 0 Å². The third kappa shape index (κ3) is 1.64. The minimum absolute atomic E-state index is 0.0519. The van der Waals surface area contributed by atoms with Crippen LogP contribution in [0.4, 0.5) is 11.5 Å². The van der Waals surface area contributed by atoms with Crippen LogP contribution in [0.25, 0.3) is 0 Å². The first-order valence-corrected chi connectivity index (χ1v) is 5.69. The fourth-order valence-electron chi connectivity index (χ4n) is 2.54. The monoisotopic (exact) mass is 235 g/mol. The van der Waals surface area contributed by atoms with E-state index in [0.717, 1.165) is 32.5 Å². The summed E-state index contributed by atoms with van der Waals surface area (Å²) in [4.78, 5) is 16.3. The van der Waals surface area contributed by atoms with Gasteiger partial charge in [0.05, 0.1) is 12.2 Å². The molecule has 0 aliphatic carbocycles. The molecule has 3 heterocycles. The van der Waals surface area contributed by atoms with Gasteiger partial charge in [0, 0.05) is 19.5 Å². The molecule has 1 spiro atoms. The maximum atomic E-state index is 10.9. The highest BCUT2D eigenvalue weighted by atomic mass is 16.6. The second-order valence-electron chi connectivity index (χ2n) is 4.56. The van der Waals surface area contributed by atoms with Gasteiger partial charge in [0.15, 0.2) is 0 Å². The summed E-state index contributed by atoms with van der Waals surface area (Å²) < 4.78 is 5.60. The highest BCUT2D eigenvalue weighted by Gasteiger charge is 2.45. The van der Waals surface area contributed by atoms with Gasteiger partial charge in [-0.2, -0.15) is 0 Å². The van der Waals surface area contributed by atoms with E-state index in [1.54, 1.807) is 12.1 Å². The topological polar surface area (TPSA) is 68.5 Å². The predicted molar refractivity (Wildman–Crippen MR) is 61.0 cm³/mol. The van der Waals surface area contributed by atoms with Crippen molar-refractivity contribution in [3.8, 4) is 0 Å². The molecular formula is C11H13N3O3. The third-order valence-corrected chi connectivity index (χ3v) is 3.56. The Morgan fingerprint density at radius 3 is 2.94 bits per heavy atom. The molecule has 0 saturated carbocycles. The standard InChI is InChI=1S/C11H13N3O3/c15-14(16)10-9(2-1-5-12-10)13-6-3-11(8-13)4-7-17-11/h1-2,5H,3-4,6-8H2. The number of anilines is 1. The summed E-state index contributed by atoms with van der Waals surface area (Å²) in [5.74, 6) is -0.0659. The van der Waals surface area contributed by atoms with E-state index in [-0.39, 0.29) is 11.4 Å². The number of nitrogens with zero attached hydrogens (tertiary/aromatic N) is 3. The van der Waals surface area contributed by atoms with Crippen LogP contribution in [0.15, 0.2) is 18.3 Å². The molecule has 2 aliphatic heterocycles. The zero-order valence-corrected chi connectivity index (χ0v) is 9.33. The van der Waals surface area contributed by atoms with E-state index < -0.39 is 4.92 Å². The molecule has 0 aromatic carbocycles. The molecule has 6 heteroatoms. The fraction of sp³-hybridized carbons (Fsp3) is 0.545. The number of nitro groups is 1. The molecule has 2 fully saturated rings. The molecule has 0 amide bonds. The summed E-state index contributed by atoms with van der Waals surface area (Å²) in [6, 6.07) is 3.48. The van der Waals surface area contributed by atoms with Crippen LogP contribution in [-0.2, 0) is 4.74 Å². The lowest BCUT2D eigenvalue weighted by molar-refractivity contribution is -0.388. The second-order valence-corrected chi connectivity index (χ2v) is 4.56. The van der Waals surface area contributed by atoms with Crippen molar-refractivity contribution in [2.24, 2.45) is 0 Å². The number of rotatable bonds is 2. The van der Waals surface area contributed by atoms with Gasteiger partial charge >= 0.3 is 5.82 Å². The number of hydrogen-bond acceptors (Lipinski definition) is 5. The maximum Gasteiger partial charge on any atom is 0.387 e. The molecule has 1 aromatic heterocycles. The number of ether oxygens (including phenoxy) is 1. The molecule has 0 N–H and O–H groups in total. The molecule has 2 saturated heterocycles. The molecule has 0 radical (unpaired) electrons. The molecule has 3 rings (SSSR count). The molecule has 1 atom stereocenters. The van der Waals surface area contributed by atoms with E-state index in [1.807, 2.05) is 4.90 Å². The zero-order chi connectivity index (χ0) is 11.9. The van der Waals surface area contributed by atoms with E-state index >= 15 is 0 Å². The summed E-state index contributed by atoms with van der Waals surface area (Å²) in [7, 11) is 0. The van der Waals surface area contributed by atoms with Gasteiger partial charge in [-0.15, -0.1) is 0 Å². The number of hydrogen-bond donors (Lipinski definition) is 0. The molecule has 6 nitrogen and oxygen atoms in total. The van der Waals surface area contributed by atoms with Crippen LogP contribution >= 0.6 is 0 Å². The van der Waals surface area contributed by atoms with Crippen molar-refractivity contribution in [3.63, 3.8) is 0 Å². The maximum absolute atomic E-state index is 10.9. The van der Waals surface area contributed by atoms with Crippen molar-refractivity contribution in [1.82, 2.24) is 4.98 Å². The summed E-state index contributed by atoms with van der Waals surface area (Å²) in [6.45, 7) is 2.34. The lowest BCUT2D eigenvalue weighted by Crippen LogP contribution is -2.46. The predicted octanol–water partition coefficient (Wildman–Crippen LogP) is 1.36. The first-order valence-electron chi connectivity index (χ1n) is 5.69. The summed E-state index contributed by atoms with van der Waals surface area (Å²) in [6.07, 6.45) is 3.45. The molecule has 1 unspecified atom stereocenters. The van der Waals surface area contributed by atoms with E-state index in [2.05, 4.69) is 4.98 Å². The average molecular weight is 235 g/mol. The van der Waals surface area contributed by atoms with Crippen molar-refractivity contribution in [1.29, 1.82) is 0 Å². The Morgan fingerprint density at radius 2 is 2.35 bits per heavy atom. The molecule has 2 aliphatic rings. The van der Waals surface area contributed by atoms with Crippen LogP contribution in [0.3, 0.4) is 0 Å². The van der Waals surface area contributed by atoms with Crippen LogP contribution in [0, 0.1) is 10.1 Å². The summed E-state index contributed by atoms with van der Waals surface area (Å²) in [5, 5.41) is 10.9. The Hall–Kier alpha value is -1.69. The second kappa shape index (κ2) is 3.66. The highest BCUT2D eigenvalue weighted by Crippen LogP contribution is 2.39. The zero-order valence-electron chi connectivity index (χ0n) is 9.33. The Bertz CT molecular complexity index is 459. The van der Waals surface area contributed by atoms with Crippen molar-refractivity contribution < 1.29 is 9.66 Å². The third-order valence-electron chi connectivity index (χ3n) is 3.56. The van der Waals surface area contributed by atoms with E-state index in [1.165, 1.54) is 6.20 Å². The SMILES string of the molecule is O=[N+]([O-])c1ncccc1N1CCC2(CCO2)C1. The van der Waals surface area contributed by atoms with Gasteiger partial charge in [0.1, 0.15) is 11.9 Å². The van der Waals surface area contributed by atoms with Gasteiger partial charge in [-0.05, 0) is 28.5 Å². The molecular weight excluding hydrogens is 222 g/mol. The van der Waals surface area contributed by atoms with Gasteiger partial charge in [-0.25, -0.2) is 0 Å². The van der Waals surface area contributed by atoms with Gasteiger partial charge < -0.3 is 19.8 Å². The van der Waals surface area contributed by atoms with Crippen molar-refractivity contribution >= 4 is 11.5 Å². The number of aromatic nitrogens is 1. The Labute approximate surface area is 98.4 Å². The van der Waals surface area contributed by atoms with Gasteiger partial charge in [-0.1, -0.05) is 0 Å². The molecule has 90 valence electrons. The molecule has 17 heavy (non-hydrogen) atoms. The van der Waals surface area contributed by atoms with E-state index in [4.69, 9.17) is 4.74 Å². The number of pyridine rings is 1. The van der Waals surface area contributed by atoms with Crippen LogP contribution in [0.1, 0.15) is 12.8 Å². The van der Waals surface area contributed by atoms with Gasteiger partial charge in [0.25, 0.3) is 0 Å². The fourth-order valence-corrected chi connectivity index (χ4v) is 2.54. The lowest BCUT2D eigenvalue weighted by atomic mass is 9.94. The normalized spacial score (nSPS) is 27.2. The van der Waals surface area contributed by atoms with Crippen LogP contribution < -0.4 is 4.90 Å². The molecule has 0 bridgehead atoms. The van der Waals surface area contributed by atoms with Crippen molar-refractivity contribution in [2.75, 3.05) is 24.6 Å². The van der Waals surface area contributed by atoms with E-state index in [9.17, 15) is 10.1 Å². The first-order chi connectivity index (χ1) is 8.20. The largest absolute Gasteiger partial charge is 0.387 e. The quantitative estimate of drug-likeness (QED) is 0.572. The highest BCUT2D eigenvalue weighted by molar-refractivity contribution is 5.60. The van der Waals surface area contributed by atoms with Crippen LogP contribution in [-0.4, -0.2) is 35.2 Å². The molecule has 1 aromatic rings. The van der Waals surface area contributed by atoms with E-state index in [0.29, 0.717) is 5.69 Å².